The van der Waals surface area contributed by atoms with E-state index in [1.165, 1.54) is 0 Å². The highest BCUT2D eigenvalue weighted by Gasteiger charge is 2.18. The minimum Gasteiger partial charge on any atom is -0.497 e. The molecule has 0 fully saturated rings. The molecule has 0 aliphatic heterocycles. The maximum Gasteiger partial charge on any atom is 0.268 e. The number of amides is 1. The van der Waals surface area contributed by atoms with Crippen molar-refractivity contribution in [2.24, 2.45) is 0 Å². The standard InChI is InChI=1S/C21H18BrN3O2S/c1-27-16-6-4-14(5-7-16)13-25-17-10-20(22)28-19(17)9-18(25)21(26)24-12-15-3-2-8-23-11-15/h2-11H,12-13H2,1H3,(H,24,26). The molecule has 0 saturated carbocycles. The Kier molecular flexibility index (Phi) is 5.45. The monoisotopic (exact) mass is 455 g/mol. The van der Waals surface area contributed by atoms with Crippen LogP contribution >= 0.6 is 27.3 Å². The molecule has 0 bridgehead atoms. The topological polar surface area (TPSA) is 56.1 Å². The van der Waals surface area contributed by atoms with Crippen molar-refractivity contribution in [3.8, 4) is 5.75 Å². The van der Waals surface area contributed by atoms with Crippen LogP contribution in [0.25, 0.3) is 10.2 Å². The fourth-order valence-corrected chi connectivity index (χ4v) is 4.62. The molecule has 4 aromatic rings. The number of fused-ring (bicyclic) bond motifs is 1. The molecule has 0 aliphatic carbocycles. The summed E-state index contributed by atoms with van der Waals surface area (Å²) in [6.45, 7) is 1.05. The largest absolute Gasteiger partial charge is 0.497 e. The molecule has 1 amide bonds. The summed E-state index contributed by atoms with van der Waals surface area (Å²) in [6, 6.07) is 15.7. The molecule has 0 radical (unpaired) electrons. The fraction of sp³-hybridized carbons (Fsp3) is 0.143. The first-order valence-electron chi connectivity index (χ1n) is 8.72. The van der Waals surface area contributed by atoms with Crippen LogP contribution in [-0.2, 0) is 13.1 Å². The number of rotatable bonds is 6. The van der Waals surface area contributed by atoms with Gasteiger partial charge < -0.3 is 14.6 Å². The summed E-state index contributed by atoms with van der Waals surface area (Å²) in [5, 5.41) is 3.00. The van der Waals surface area contributed by atoms with E-state index in [9.17, 15) is 4.79 Å². The van der Waals surface area contributed by atoms with E-state index in [-0.39, 0.29) is 5.91 Å². The van der Waals surface area contributed by atoms with Gasteiger partial charge in [-0.25, -0.2) is 0 Å². The molecule has 0 saturated heterocycles. The van der Waals surface area contributed by atoms with E-state index in [0.29, 0.717) is 18.8 Å². The SMILES string of the molecule is COc1ccc(Cn2c(C(=O)NCc3cccnc3)cc3sc(Br)cc32)cc1. The van der Waals surface area contributed by atoms with E-state index in [4.69, 9.17) is 4.74 Å². The highest BCUT2D eigenvalue weighted by Crippen LogP contribution is 2.33. The van der Waals surface area contributed by atoms with Crippen molar-refractivity contribution < 1.29 is 9.53 Å². The number of halogens is 1. The summed E-state index contributed by atoms with van der Waals surface area (Å²) in [5.74, 6) is 0.714. The third-order valence-electron chi connectivity index (χ3n) is 4.47. The Bertz CT molecular complexity index is 1100. The van der Waals surface area contributed by atoms with Crippen LogP contribution in [-0.4, -0.2) is 22.6 Å². The lowest BCUT2D eigenvalue weighted by Crippen LogP contribution is -2.25. The van der Waals surface area contributed by atoms with Crippen LogP contribution in [0.15, 0.2) is 64.7 Å². The van der Waals surface area contributed by atoms with Gasteiger partial charge in [0.1, 0.15) is 11.4 Å². The maximum atomic E-state index is 12.9. The second kappa shape index (κ2) is 8.16. The van der Waals surface area contributed by atoms with Crippen LogP contribution in [0.3, 0.4) is 0 Å². The summed E-state index contributed by atoms with van der Waals surface area (Å²) < 4.78 is 9.41. The summed E-state index contributed by atoms with van der Waals surface area (Å²) in [7, 11) is 1.65. The fourth-order valence-electron chi connectivity index (χ4n) is 3.06. The van der Waals surface area contributed by atoms with Crippen LogP contribution < -0.4 is 10.1 Å². The molecule has 28 heavy (non-hydrogen) atoms. The van der Waals surface area contributed by atoms with Gasteiger partial charge in [0.05, 0.1) is 21.1 Å². The first-order valence-corrected chi connectivity index (χ1v) is 10.3. The quantitative estimate of drug-likeness (QED) is 0.452. The van der Waals surface area contributed by atoms with Gasteiger partial charge in [0, 0.05) is 25.5 Å². The molecule has 3 heterocycles. The van der Waals surface area contributed by atoms with Gasteiger partial charge in [-0.3, -0.25) is 9.78 Å². The van der Waals surface area contributed by atoms with Crippen LogP contribution in [0.5, 0.6) is 5.75 Å². The molecule has 0 unspecified atom stereocenters. The number of methoxy groups -OCH3 is 1. The zero-order valence-corrected chi connectivity index (χ0v) is 17.6. The van der Waals surface area contributed by atoms with E-state index >= 15 is 0 Å². The molecular formula is C21H18BrN3O2S. The van der Waals surface area contributed by atoms with Gasteiger partial charge in [-0.05, 0) is 57.4 Å². The molecule has 4 rings (SSSR count). The lowest BCUT2D eigenvalue weighted by Gasteiger charge is -2.11. The molecule has 0 aliphatic rings. The van der Waals surface area contributed by atoms with Crippen LogP contribution in [0, 0.1) is 0 Å². The Morgan fingerprint density at radius 3 is 2.75 bits per heavy atom. The summed E-state index contributed by atoms with van der Waals surface area (Å²) in [6.07, 6.45) is 3.48. The molecule has 0 atom stereocenters. The first-order chi connectivity index (χ1) is 13.6. The van der Waals surface area contributed by atoms with Crippen molar-refractivity contribution in [3.63, 3.8) is 0 Å². The van der Waals surface area contributed by atoms with Gasteiger partial charge in [-0.1, -0.05) is 18.2 Å². The van der Waals surface area contributed by atoms with E-state index in [2.05, 4.69) is 36.9 Å². The number of ether oxygens (including phenoxy) is 1. The maximum absolute atomic E-state index is 12.9. The number of benzene rings is 1. The lowest BCUT2D eigenvalue weighted by atomic mass is 10.2. The second-order valence-electron chi connectivity index (χ2n) is 6.31. The van der Waals surface area contributed by atoms with Crippen LogP contribution in [0.4, 0.5) is 0 Å². The number of hydrogen-bond donors (Lipinski definition) is 1. The van der Waals surface area contributed by atoms with Gasteiger partial charge >= 0.3 is 0 Å². The number of nitrogens with one attached hydrogen (secondary N) is 1. The second-order valence-corrected chi connectivity index (χ2v) is 8.77. The Balaban J connectivity index is 1.62. The third kappa shape index (κ3) is 3.95. The molecule has 5 nitrogen and oxygen atoms in total. The van der Waals surface area contributed by atoms with Gasteiger partial charge in [-0.15, -0.1) is 11.3 Å². The van der Waals surface area contributed by atoms with Crippen molar-refractivity contribution in [2.75, 3.05) is 7.11 Å². The average molecular weight is 456 g/mol. The predicted molar refractivity (Wildman–Crippen MR) is 115 cm³/mol. The van der Waals surface area contributed by atoms with E-state index in [0.717, 1.165) is 30.9 Å². The predicted octanol–water partition coefficient (Wildman–Crippen LogP) is 4.85. The Labute approximate surface area is 175 Å². The molecular weight excluding hydrogens is 438 g/mol. The van der Waals surface area contributed by atoms with Gasteiger partial charge in [0.25, 0.3) is 5.91 Å². The van der Waals surface area contributed by atoms with Crippen molar-refractivity contribution >= 4 is 43.4 Å². The van der Waals surface area contributed by atoms with Crippen molar-refractivity contribution in [3.05, 3.63) is 81.5 Å². The van der Waals surface area contributed by atoms with Crippen LogP contribution in [0.2, 0.25) is 0 Å². The highest BCUT2D eigenvalue weighted by atomic mass is 79.9. The van der Waals surface area contributed by atoms with Crippen molar-refractivity contribution in [1.29, 1.82) is 0 Å². The number of aromatic nitrogens is 2. The van der Waals surface area contributed by atoms with Gasteiger partial charge in [0.15, 0.2) is 0 Å². The Hall–Kier alpha value is -2.64. The Morgan fingerprint density at radius 1 is 1.21 bits per heavy atom. The van der Waals surface area contributed by atoms with E-state index in [1.54, 1.807) is 30.8 Å². The smallest absolute Gasteiger partial charge is 0.268 e. The number of pyridine rings is 1. The minimum absolute atomic E-state index is 0.100. The average Bonchev–Trinajstić information content (AvgIpc) is 3.24. The molecule has 142 valence electrons. The zero-order chi connectivity index (χ0) is 19.5. The van der Waals surface area contributed by atoms with Crippen molar-refractivity contribution in [2.45, 2.75) is 13.1 Å². The molecule has 1 N–H and O–H groups in total. The normalized spacial score (nSPS) is 10.9. The van der Waals surface area contributed by atoms with Gasteiger partial charge in [-0.2, -0.15) is 0 Å². The number of carbonyl (C=O) groups excluding carboxylic acids is 1. The molecule has 1 aromatic carbocycles. The molecule has 0 spiro atoms. The van der Waals surface area contributed by atoms with Crippen molar-refractivity contribution in [1.82, 2.24) is 14.9 Å². The molecule has 7 heteroatoms. The van der Waals surface area contributed by atoms with Gasteiger partial charge in [0.2, 0.25) is 0 Å². The number of carbonyl (C=O) groups is 1. The zero-order valence-electron chi connectivity index (χ0n) is 15.2. The van der Waals surface area contributed by atoms with E-state index < -0.39 is 0 Å². The highest BCUT2D eigenvalue weighted by molar-refractivity contribution is 9.11. The Morgan fingerprint density at radius 2 is 2.04 bits per heavy atom. The van der Waals surface area contributed by atoms with Crippen LogP contribution in [0.1, 0.15) is 21.6 Å². The lowest BCUT2D eigenvalue weighted by molar-refractivity contribution is 0.0942. The summed E-state index contributed by atoms with van der Waals surface area (Å²) in [5.41, 5.74) is 3.75. The molecule has 3 aromatic heterocycles. The van der Waals surface area contributed by atoms with E-state index in [1.807, 2.05) is 42.5 Å². The number of hydrogen-bond acceptors (Lipinski definition) is 4. The first kappa shape index (κ1) is 18.7. The number of nitrogens with zero attached hydrogens (tertiary/aromatic N) is 2. The minimum atomic E-state index is -0.100. The number of thiophene rings is 1. The third-order valence-corrected chi connectivity index (χ3v) is 6.04. The summed E-state index contributed by atoms with van der Waals surface area (Å²) in [4.78, 5) is 17.0. The summed E-state index contributed by atoms with van der Waals surface area (Å²) >= 11 is 5.17.